The minimum Gasteiger partial charge on any atom is -0.504 e. The summed E-state index contributed by atoms with van der Waals surface area (Å²) in [6, 6.07) is 15.2. The van der Waals surface area contributed by atoms with Gasteiger partial charge in [0.05, 0.1) is 18.9 Å². The Hall–Kier alpha value is -4.01. The molecular weight excluding hydrogens is 413 g/mol. The second-order valence-electron chi connectivity index (χ2n) is 6.25. The standard InChI is InChI=1S/C22H17F3N2O4/c1-30-20-12-15(9-10-18(20)28)21(29)27-26-13-14-5-4-6-16(11-14)31-19-8-3-2-7-17(19)22(23,24)25/h2-13,28H,1H3,(H,27,29). The number of carbonyl (C=O) groups excluding carboxylic acids is 1. The first-order chi connectivity index (χ1) is 14.8. The number of phenols is 1. The molecule has 0 bridgehead atoms. The Balaban J connectivity index is 1.70. The lowest BCUT2D eigenvalue weighted by Gasteiger charge is -2.13. The van der Waals surface area contributed by atoms with Gasteiger partial charge in [-0.2, -0.15) is 18.3 Å². The Labute approximate surface area is 175 Å². The number of phenolic OH excluding ortho intramolecular Hbond substituents is 1. The number of amides is 1. The predicted octanol–water partition coefficient (Wildman–Crippen LogP) is 4.98. The lowest BCUT2D eigenvalue weighted by molar-refractivity contribution is -0.138. The fraction of sp³-hybridized carbons (Fsp3) is 0.0909. The number of methoxy groups -OCH3 is 1. The van der Waals surface area contributed by atoms with E-state index in [1.54, 1.807) is 12.1 Å². The first-order valence-electron chi connectivity index (χ1n) is 8.92. The van der Waals surface area contributed by atoms with E-state index >= 15 is 0 Å². The van der Waals surface area contributed by atoms with Crippen molar-refractivity contribution in [2.24, 2.45) is 5.10 Å². The van der Waals surface area contributed by atoms with Crippen LogP contribution < -0.4 is 14.9 Å². The Morgan fingerprint density at radius 2 is 1.81 bits per heavy atom. The molecule has 31 heavy (non-hydrogen) atoms. The van der Waals surface area contributed by atoms with Crippen LogP contribution in [0.15, 0.2) is 71.8 Å². The third-order valence-electron chi connectivity index (χ3n) is 4.10. The molecule has 0 aliphatic carbocycles. The number of carbonyl (C=O) groups is 1. The Morgan fingerprint density at radius 1 is 1.03 bits per heavy atom. The van der Waals surface area contributed by atoms with Gasteiger partial charge in [0, 0.05) is 5.56 Å². The van der Waals surface area contributed by atoms with Gasteiger partial charge < -0.3 is 14.6 Å². The molecule has 9 heteroatoms. The molecule has 0 aliphatic heterocycles. The highest BCUT2D eigenvalue weighted by atomic mass is 19.4. The highest BCUT2D eigenvalue weighted by molar-refractivity contribution is 5.95. The summed E-state index contributed by atoms with van der Waals surface area (Å²) in [5.74, 6) is -0.651. The molecule has 1 amide bonds. The normalized spacial score (nSPS) is 11.4. The maximum absolute atomic E-state index is 13.1. The predicted molar refractivity (Wildman–Crippen MR) is 108 cm³/mol. The van der Waals surface area contributed by atoms with Gasteiger partial charge in [-0.1, -0.05) is 24.3 Å². The van der Waals surface area contributed by atoms with E-state index in [-0.39, 0.29) is 28.6 Å². The van der Waals surface area contributed by atoms with Crippen molar-refractivity contribution in [2.75, 3.05) is 7.11 Å². The van der Waals surface area contributed by atoms with E-state index in [9.17, 15) is 23.1 Å². The van der Waals surface area contributed by atoms with E-state index in [2.05, 4.69) is 10.5 Å². The number of aromatic hydroxyl groups is 1. The van der Waals surface area contributed by atoms with Crippen molar-refractivity contribution in [1.82, 2.24) is 5.43 Å². The van der Waals surface area contributed by atoms with Crippen LogP contribution in [0.3, 0.4) is 0 Å². The van der Waals surface area contributed by atoms with E-state index in [0.717, 1.165) is 6.07 Å². The van der Waals surface area contributed by atoms with Crippen molar-refractivity contribution in [3.8, 4) is 23.0 Å². The Kier molecular flexibility index (Phi) is 6.44. The molecule has 0 fully saturated rings. The van der Waals surface area contributed by atoms with Gasteiger partial charge in [0.1, 0.15) is 11.5 Å². The third-order valence-corrected chi connectivity index (χ3v) is 4.10. The van der Waals surface area contributed by atoms with Gasteiger partial charge in [-0.05, 0) is 48.0 Å². The summed E-state index contributed by atoms with van der Waals surface area (Å²) >= 11 is 0. The summed E-state index contributed by atoms with van der Waals surface area (Å²) in [5, 5.41) is 13.4. The number of halogens is 3. The fourth-order valence-corrected chi connectivity index (χ4v) is 2.62. The molecule has 3 aromatic carbocycles. The van der Waals surface area contributed by atoms with Crippen molar-refractivity contribution >= 4 is 12.1 Å². The molecule has 0 aromatic heterocycles. The van der Waals surface area contributed by atoms with Crippen LogP contribution in [-0.4, -0.2) is 24.3 Å². The molecule has 0 saturated carbocycles. The van der Waals surface area contributed by atoms with Crippen molar-refractivity contribution in [1.29, 1.82) is 0 Å². The number of rotatable bonds is 6. The van der Waals surface area contributed by atoms with Gasteiger partial charge in [0.15, 0.2) is 11.5 Å². The van der Waals surface area contributed by atoms with Gasteiger partial charge in [0.25, 0.3) is 5.91 Å². The molecule has 2 N–H and O–H groups in total. The number of nitrogens with zero attached hydrogens (tertiary/aromatic N) is 1. The first-order valence-corrected chi connectivity index (χ1v) is 8.92. The van der Waals surface area contributed by atoms with E-state index < -0.39 is 17.6 Å². The van der Waals surface area contributed by atoms with Crippen LogP contribution in [0.25, 0.3) is 0 Å². The van der Waals surface area contributed by atoms with E-state index in [1.165, 1.54) is 61.9 Å². The summed E-state index contributed by atoms with van der Waals surface area (Å²) in [5.41, 5.74) is 2.14. The van der Waals surface area contributed by atoms with Gasteiger partial charge >= 0.3 is 6.18 Å². The first kappa shape index (κ1) is 21.7. The monoisotopic (exact) mass is 430 g/mol. The summed E-state index contributed by atoms with van der Waals surface area (Å²) in [6.07, 6.45) is -3.23. The number of alkyl halides is 3. The topological polar surface area (TPSA) is 80.2 Å². The van der Waals surface area contributed by atoms with Crippen LogP contribution in [0.4, 0.5) is 13.2 Å². The summed E-state index contributed by atoms with van der Waals surface area (Å²) in [6.45, 7) is 0. The van der Waals surface area contributed by atoms with Gasteiger partial charge in [-0.25, -0.2) is 5.43 Å². The second-order valence-corrected chi connectivity index (χ2v) is 6.25. The maximum Gasteiger partial charge on any atom is 0.419 e. The Bertz CT molecular complexity index is 1110. The molecule has 0 spiro atoms. The molecule has 0 aliphatic rings. The van der Waals surface area contributed by atoms with Crippen LogP contribution in [0.5, 0.6) is 23.0 Å². The van der Waals surface area contributed by atoms with Gasteiger partial charge in [-0.3, -0.25) is 4.79 Å². The zero-order chi connectivity index (χ0) is 22.4. The summed E-state index contributed by atoms with van der Waals surface area (Å²) < 4.78 is 49.7. The maximum atomic E-state index is 13.1. The largest absolute Gasteiger partial charge is 0.504 e. The highest BCUT2D eigenvalue weighted by Crippen LogP contribution is 2.37. The van der Waals surface area contributed by atoms with Crippen LogP contribution in [0.1, 0.15) is 21.5 Å². The molecule has 0 unspecified atom stereocenters. The van der Waals surface area contributed by atoms with E-state index in [4.69, 9.17) is 9.47 Å². The quantitative estimate of drug-likeness (QED) is 0.427. The number of ether oxygens (including phenoxy) is 2. The smallest absolute Gasteiger partial charge is 0.419 e. The average molecular weight is 430 g/mol. The number of nitrogens with one attached hydrogen (secondary N) is 1. The molecule has 0 atom stereocenters. The van der Waals surface area contributed by atoms with Crippen LogP contribution in [0.2, 0.25) is 0 Å². The van der Waals surface area contributed by atoms with Crippen LogP contribution >= 0.6 is 0 Å². The SMILES string of the molecule is COc1cc(C(=O)NN=Cc2cccc(Oc3ccccc3C(F)(F)F)c2)ccc1O. The van der Waals surface area contributed by atoms with Gasteiger partial charge in [0.2, 0.25) is 0 Å². The fourth-order valence-electron chi connectivity index (χ4n) is 2.62. The third kappa shape index (κ3) is 5.53. The van der Waals surface area contributed by atoms with Crippen molar-refractivity contribution in [3.63, 3.8) is 0 Å². The van der Waals surface area contributed by atoms with Crippen LogP contribution in [0, 0.1) is 0 Å². The molecule has 160 valence electrons. The minimum atomic E-state index is -4.54. The Morgan fingerprint density at radius 3 is 2.55 bits per heavy atom. The van der Waals surface area contributed by atoms with Crippen molar-refractivity contribution in [3.05, 3.63) is 83.4 Å². The molecule has 6 nitrogen and oxygen atoms in total. The van der Waals surface area contributed by atoms with Crippen molar-refractivity contribution in [2.45, 2.75) is 6.18 Å². The molecular formula is C22H17F3N2O4. The lowest BCUT2D eigenvalue weighted by Crippen LogP contribution is -2.17. The molecule has 0 saturated heterocycles. The summed E-state index contributed by atoms with van der Waals surface area (Å²) in [4.78, 5) is 12.2. The number of benzene rings is 3. The zero-order valence-electron chi connectivity index (χ0n) is 16.2. The number of hydrazone groups is 1. The molecule has 3 rings (SSSR count). The number of hydrogen-bond donors (Lipinski definition) is 2. The molecule has 3 aromatic rings. The number of para-hydroxylation sites is 1. The lowest BCUT2D eigenvalue weighted by atomic mass is 10.2. The summed E-state index contributed by atoms with van der Waals surface area (Å²) in [7, 11) is 1.36. The molecule has 0 radical (unpaired) electrons. The van der Waals surface area contributed by atoms with E-state index in [1.807, 2.05) is 0 Å². The van der Waals surface area contributed by atoms with E-state index in [0.29, 0.717) is 5.56 Å². The van der Waals surface area contributed by atoms with Crippen LogP contribution in [-0.2, 0) is 6.18 Å². The van der Waals surface area contributed by atoms with Crippen molar-refractivity contribution < 1.29 is 32.5 Å². The second kappa shape index (κ2) is 9.21. The number of hydrogen-bond acceptors (Lipinski definition) is 5. The van der Waals surface area contributed by atoms with Gasteiger partial charge in [-0.15, -0.1) is 0 Å². The minimum absolute atomic E-state index is 0.105. The zero-order valence-corrected chi connectivity index (χ0v) is 16.2. The average Bonchev–Trinajstić information content (AvgIpc) is 2.74. The highest BCUT2D eigenvalue weighted by Gasteiger charge is 2.34. The molecule has 0 heterocycles.